The molecule has 0 aromatic carbocycles. The van der Waals surface area contributed by atoms with Crippen LogP contribution in [-0.2, 0) is 0 Å². The second kappa shape index (κ2) is 8.04. The maximum absolute atomic E-state index is 10.2. The van der Waals surface area contributed by atoms with E-state index in [1.54, 1.807) is 11.8 Å². The lowest BCUT2D eigenvalue weighted by Crippen LogP contribution is -2.34. The highest BCUT2D eigenvalue weighted by Crippen LogP contribution is 2.40. The molecule has 0 amide bonds. The molecule has 0 aromatic rings. The van der Waals surface area contributed by atoms with E-state index in [0.717, 1.165) is 29.8 Å². The number of hydrogen-bond acceptors (Lipinski definition) is 4. The summed E-state index contributed by atoms with van der Waals surface area (Å²) >= 11 is 5.21. The van der Waals surface area contributed by atoms with E-state index in [-0.39, 0.29) is 4.75 Å². The van der Waals surface area contributed by atoms with Gasteiger partial charge in [-0.3, -0.25) is 0 Å². The van der Waals surface area contributed by atoms with Crippen LogP contribution in [0.15, 0.2) is 4.99 Å². The maximum atomic E-state index is 10.2. The molecular formula is C15H27BrN2OS. The van der Waals surface area contributed by atoms with Crippen molar-refractivity contribution in [2.45, 2.75) is 81.7 Å². The van der Waals surface area contributed by atoms with E-state index in [2.05, 4.69) is 33.2 Å². The second-order valence-corrected chi connectivity index (χ2v) is 8.52. The molecule has 3 nitrogen and oxygen atoms in total. The van der Waals surface area contributed by atoms with Crippen LogP contribution in [0, 0.1) is 0 Å². The third kappa shape index (κ3) is 4.63. The Labute approximate surface area is 135 Å². The summed E-state index contributed by atoms with van der Waals surface area (Å²) in [5, 5.41) is 15.8. The molecule has 116 valence electrons. The topological polar surface area (TPSA) is 44.6 Å². The van der Waals surface area contributed by atoms with Crippen molar-refractivity contribution in [1.82, 2.24) is 5.32 Å². The smallest absolute Gasteiger partial charge is 0.162 e. The first-order chi connectivity index (χ1) is 9.64. The van der Waals surface area contributed by atoms with Crippen LogP contribution in [-0.4, -0.2) is 32.6 Å². The summed E-state index contributed by atoms with van der Waals surface area (Å²) in [6, 6.07) is 0.556. The van der Waals surface area contributed by atoms with Gasteiger partial charge in [0.05, 0.1) is 4.75 Å². The van der Waals surface area contributed by atoms with Crippen molar-refractivity contribution in [2.24, 2.45) is 4.99 Å². The second-order valence-electron chi connectivity index (χ2n) is 6.20. The molecule has 20 heavy (non-hydrogen) atoms. The number of aliphatic imine (C=N–C) groups is 1. The van der Waals surface area contributed by atoms with Gasteiger partial charge >= 0.3 is 0 Å². The maximum Gasteiger partial charge on any atom is 0.162 e. The first-order valence-corrected chi connectivity index (χ1v) is 9.85. The highest BCUT2D eigenvalue weighted by atomic mass is 79.9. The summed E-state index contributed by atoms with van der Waals surface area (Å²) in [4.78, 5) is 4.46. The molecule has 5 heteroatoms. The molecule has 1 saturated carbocycles. The van der Waals surface area contributed by atoms with Crippen molar-refractivity contribution in [3.8, 4) is 0 Å². The normalized spacial score (nSPS) is 31.9. The van der Waals surface area contributed by atoms with E-state index in [9.17, 15) is 5.11 Å². The monoisotopic (exact) mass is 362 g/mol. The molecule has 0 saturated heterocycles. The van der Waals surface area contributed by atoms with Gasteiger partial charge in [0, 0.05) is 11.4 Å². The minimum atomic E-state index is -0.559. The summed E-state index contributed by atoms with van der Waals surface area (Å²) in [6.45, 7) is 2.14. The first-order valence-electron chi connectivity index (χ1n) is 7.91. The van der Waals surface area contributed by atoms with E-state index in [1.807, 2.05) is 0 Å². The minimum absolute atomic E-state index is 0.144. The summed E-state index contributed by atoms with van der Waals surface area (Å²) in [6.07, 6.45) is 10.6. The zero-order chi connectivity index (χ0) is 14.4. The van der Waals surface area contributed by atoms with Gasteiger partial charge in [0.1, 0.15) is 0 Å². The number of hydrogen-bond donors (Lipinski definition) is 2. The van der Waals surface area contributed by atoms with E-state index >= 15 is 0 Å². The van der Waals surface area contributed by atoms with Gasteiger partial charge in [0.2, 0.25) is 0 Å². The van der Waals surface area contributed by atoms with Crippen LogP contribution in [0.2, 0.25) is 0 Å². The number of nitrogens with zero attached hydrogens (tertiary/aromatic N) is 1. The van der Waals surface area contributed by atoms with Gasteiger partial charge < -0.3 is 10.4 Å². The first kappa shape index (κ1) is 16.6. The lowest BCUT2D eigenvalue weighted by atomic mass is 10.0. The Balaban J connectivity index is 1.83. The van der Waals surface area contributed by atoms with Gasteiger partial charge in [-0.25, -0.2) is 4.99 Å². The number of unbranched alkanes of at least 4 members (excludes halogenated alkanes) is 1. The highest BCUT2D eigenvalue weighted by Gasteiger charge is 2.40. The molecule has 2 unspecified atom stereocenters. The Bertz CT molecular complexity index is 332. The Morgan fingerprint density at radius 2 is 2.00 bits per heavy atom. The van der Waals surface area contributed by atoms with E-state index in [0.29, 0.717) is 6.04 Å². The number of alkyl halides is 1. The fraction of sp³-hybridized carbons (Fsp3) is 0.933. The molecule has 2 atom stereocenters. The lowest BCUT2D eigenvalue weighted by molar-refractivity contribution is 0.142. The van der Waals surface area contributed by atoms with Gasteiger partial charge in [0.25, 0.3) is 0 Å². The van der Waals surface area contributed by atoms with Gasteiger partial charge in [-0.15, -0.1) is 0 Å². The summed E-state index contributed by atoms with van der Waals surface area (Å²) in [5.74, 6) is 0. The number of halogens is 1. The number of amidine groups is 1. The van der Waals surface area contributed by atoms with Crippen molar-refractivity contribution in [2.75, 3.05) is 5.33 Å². The van der Waals surface area contributed by atoms with Crippen LogP contribution in [0.3, 0.4) is 0 Å². The Morgan fingerprint density at radius 3 is 2.65 bits per heavy atom. The summed E-state index contributed by atoms with van der Waals surface area (Å²) in [7, 11) is 0. The molecule has 2 rings (SSSR count). The predicted octanol–water partition coefficient (Wildman–Crippen LogP) is 4.04. The Morgan fingerprint density at radius 1 is 1.30 bits per heavy atom. The van der Waals surface area contributed by atoms with E-state index in [4.69, 9.17) is 0 Å². The Hall–Kier alpha value is 0.260. The van der Waals surface area contributed by atoms with Gasteiger partial charge in [-0.05, 0) is 32.6 Å². The van der Waals surface area contributed by atoms with Crippen molar-refractivity contribution < 1.29 is 5.11 Å². The van der Waals surface area contributed by atoms with Crippen molar-refractivity contribution >= 4 is 32.9 Å². The zero-order valence-electron chi connectivity index (χ0n) is 12.4. The Kier molecular flexibility index (Phi) is 6.69. The zero-order valence-corrected chi connectivity index (χ0v) is 14.8. The molecule has 2 aliphatic rings. The minimum Gasteiger partial charge on any atom is -0.370 e. The third-order valence-corrected chi connectivity index (χ3v) is 6.21. The molecular weight excluding hydrogens is 336 g/mol. The molecule has 1 fully saturated rings. The molecule has 1 aliphatic carbocycles. The van der Waals surface area contributed by atoms with Crippen molar-refractivity contribution in [1.29, 1.82) is 0 Å². The van der Waals surface area contributed by atoms with Gasteiger partial charge in [0.15, 0.2) is 11.4 Å². The average Bonchev–Trinajstić information content (AvgIpc) is 2.60. The number of rotatable bonds is 5. The van der Waals surface area contributed by atoms with Crippen LogP contribution >= 0.6 is 27.7 Å². The van der Waals surface area contributed by atoms with Crippen molar-refractivity contribution in [3.63, 3.8) is 0 Å². The predicted molar refractivity (Wildman–Crippen MR) is 91.7 cm³/mol. The van der Waals surface area contributed by atoms with E-state index in [1.165, 1.54) is 38.5 Å². The number of thioether (sulfide) groups is 1. The largest absolute Gasteiger partial charge is 0.370 e. The fourth-order valence-corrected chi connectivity index (χ4v) is 4.58. The van der Waals surface area contributed by atoms with Gasteiger partial charge in [-0.2, -0.15) is 0 Å². The number of aliphatic hydroxyl groups excluding tert-OH is 1. The summed E-state index contributed by atoms with van der Waals surface area (Å²) < 4.78 is -0.144. The number of aliphatic hydroxyl groups is 1. The summed E-state index contributed by atoms with van der Waals surface area (Å²) in [5.41, 5.74) is 0. The average molecular weight is 363 g/mol. The molecule has 0 bridgehead atoms. The fourth-order valence-electron chi connectivity index (χ4n) is 2.96. The van der Waals surface area contributed by atoms with Crippen LogP contribution < -0.4 is 5.32 Å². The quantitative estimate of drug-likeness (QED) is 0.440. The van der Waals surface area contributed by atoms with Crippen LogP contribution in [0.25, 0.3) is 0 Å². The van der Waals surface area contributed by atoms with Gasteiger partial charge in [-0.1, -0.05) is 59.8 Å². The lowest BCUT2D eigenvalue weighted by Gasteiger charge is -2.26. The SMILES string of the molecule is CC1(CCCCBr)SC(NC2CCCCCC2)=NC1O. The highest BCUT2D eigenvalue weighted by molar-refractivity contribution is 9.09. The van der Waals surface area contributed by atoms with E-state index < -0.39 is 6.23 Å². The number of nitrogens with one attached hydrogen (secondary N) is 1. The van der Waals surface area contributed by atoms with Crippen molar-refractivity contribution in [3.05, 3.63) is 0 Å². The van der Waals surface area contributed by atoms with Crippen LogP contribution in [0.1, 0.15) is 64.7 Å². The molecule has 1 aliphatic heterocycles. The third-order valence-electron chi connectivity index (χ3n) is 4.36. The molecule has 0 radical (unpaired) electrons. The molecule has 0 spiro atoms. The standard InChI is InChI=1S/C15H27BrN2OS/c1-15(10-6-7-11-16)13(19)18-14(20-15)17-12-8-4-2-3-5-9-12/h12-13,19H,2-11H2,1H3,(H,17,18). The van der Waals surface area contributed by atoms with Crippen LogP contribution in [0.4, 0.5) is 0 Å². The molecule has 2 N–H and O–H groups in total. The van der Waals surface area contributed by atoms with Crippen LogP contribution in [0.5, 0.6) is 0 Å². The molecule has 0 aromatic heterocycles. The molecule has 1 heterocycles.